The van der Waals surface area contributed by atoms with Crippen LogP contribution in [0.2, 0.25) is 0 Å². The molecule has 0 spiro atoms. The third kappa shape index (κ3) is 3.28. The predicted molar refractivity (Wildman–Crippen MR) is 89.5 cm³/mol. The molecule has 2 aromatic rings. The van der Waals surface area contributed by atoms with Crippen LogP contribution < -0.4 is 15.4 Å². The lowest BCUT2D eigenvalue weighted by Gasteiger charge is -2.34. The van der Waals surface area contributed by atoms with Crippen LogP contribution in [0.5, 0.6) is 5.88 Å². The van der Waals surface area contributed by atoms with E-state index in [1.807, 2.05) is 49.4 Å². The SMILES string of the molecule is CCOc1cccc(CN2CC[C@H](C(N)=O)c3ccccc32)n1. The Morgan fingerprint density at radius 2 is 2.13 bits per heavy atom. The third-order valence-corrected chi connectivity index (χ3v) is 4.11. The Morgan fingerprint density at radius 1 is 1.30 bits per heavy atom. The van der Waals surface area contributed by atoms with Gasteiger partial charge in [0.25, 0.3) is 0 Å². The van der Waals surface area contributed by atoms with Crippen LogP contribution in [0.3, 0.4) is 0 Å². The third-order valence-electron chi connectivity index (χ3n) is 4.11. The van der Waals surface area contributed by atoms with Crippen molar-refractivity contribution in [3.63, 3.8) is 0 Å². The minimum atomic E-state index is -0.256. The Hall–Kier alpha value is -2.56. The number of pyridine rings is 1. The van der Waals surface area contributed by atoms with Crippen molar-refractivity contribution in [2.45, 2.75) is 25.8 Å². The lowest BCUT2D eigenvalue weighted by molar-refractivity contribution is -0.119. The van der Waals surface area contributed by atoms with Gasteiger partial charge in [-0.15, -0.1) is 0 Å². The number of carbonyl (C=O) groups excluding carboxylic acids is 1. The van der Waals surface area contributed by atoms with Crippen LogP contribution in [0.25, 0.3) is 0 Å². The maximum Gasteiger partial charge on any atom is 0.225 e. The van der Waals surface area contributed by atoms with E-state index in [0.29, 0.717) is 19.0 Å². The van der Waals surface area contributed by atoms with Crippen molar-refractivity contribution in [3.8, 4) is 5.88 Å². The van der Waals surface area contributed by atoms with Gasteiger partial charge in [-0.05, 0) is 31.0 Å². The molecule has 1 aliphatic heterocycles. The van der Waals surface area contributed by atoms with Crippen LogP contribution in [-0.2, 0) is 11.3 Å². The number of benzene rings is 1. The lowest BCUT2D eigenvalue weighted by Crippen LogP contribution is -2.35. The minimum Gasteiger partial charge on any atom is -0.478 e. The van der Waals surface area contributed by atoms with Crippen molar-refractivity contribution < 1.29 is 9.53 Å². The van der Waals surface area contributed by atoms with E-state index in [0.717, 1.165) is 29.9 Å². The number of ether oxygens (including phenoxy) is 1. The number of primary amides is 1. The molecule has 2 N–H and O–H groups in total. The second-order valence-electron chi connectivity index (χ2n) is 5.62. The first kappa shape index (κ1) is 15.3. The van der Waals surface area contributed by atoms with Crippen molar-refractivity contribution in [1.29, 1.82) is 0 Å². The van der Waals surface area contributed by atoms with Crippen molar-refractivity contribution >= 4 is 11.6 Å². The van der Waals surface area contributed by atoms with Gasteiger partial charge in [0.05, 0.1) is 24.8 Å². The second-order valence-corrected chi connectivity index (χ2v) is 5.62. The number of carbonyl (C=O) groups is 1. The average molecular weight is 311 g/mol. The molecule has 0 radical (unpaired) electrons. The number of nitrogens with zero attached hydrogens (tertiary/aromatic N) is 2. The molecule has 1 aromatic carbocycles. The zero-order chi connectivity index (χ0) is 16.2. The molecule has 0 aliphatic carbocycles. The quantitative estimate of drug-likeness (QED) is 0.921. The molecule has 5 nitrogen and oxygen atoms in total. The molecule has 0 saturated carbocycles. The van der Waals surface area contributed by atoms with Gasteiger partial charge in [-0.3, -0.25) is 4.79 Å². The highest BCUT2D eigenvalue weighted by atomic mass is 16.5. The fraction of sp³-hybridized carbons (Fsp3) is 0.333. The molecule has 1 aliphatic rings. The summed E-state index contributed by atoms with van der Waals surface area (Å²) in [5, 5.41) is 0. The summed E-state index contributed by atoms with van der Waals surface area (Å²) in [6, 6.07) is 13.8. The molecule has 23 heavy (non-hydrogen) atoms. The minimum absolute atomic E-state index is 0.204. The molecule has 3 rings (SSSR count). The Kier molecular flexibility index (Phi) is 4.46. The fourth-order valence-corrected chi connectivity index (χ4v) is 3.06. The smallest absolute Gasteiger partial charge is 0.225 e. The molecule has 0 saturated heterocycles. The van der Waals surface area contributed by atoms with Crippen LogP contribution >= 0.6 is 0 Å². The zero-order valence-corrected chi connectivity index (χ0v) is 13.2. The van der Waals surface area contributed by atoms with Crippen molar-refractivity contribution in [3.05, 3.63) is 53.7 Å². The number of hydrogen-bond donors (Lipinski definition) is 1. The highest BCUT2D eigenvalue weighted by Crippen LogP contribution is 2.35. The van der Waals surface area contributed by atoms with E-state index < -0.39 is 0 Å². The lowest BCUT2D eigenvalue weighted by atomic mass is 9.89. The number of aromatic nitrogens is 1. The van der Waals surface area contributed by atoms with Crippen LogP contribution in [0, 0.1) is 0 Å². The van der Waals surface area contributed by atoms with Crippen LogP contribution in [-0.4, -0.2) is 24.0 Å². The topological polar surface area (TPSA) is 68.5 Å². The molecule has 0 unspecified atom stereocenters. The first-order chi connectivity index (χ1) is 11.2. The Bertz CT molecular complexity index is 702. The van der Waals surface area contributed by atoms with Gasteiger partial charge in [0.1, 0.15) is 0 Å². The number of rotatable bonds is 5. The van der Waals surface area contributed by atoms with E-state index in [-0.39, 0.29) is 11.8 Å². The first-order valence-electron chi connectivity index (χ1n) is 7.91. The van der Waals surface area contributed by atoms with Gasteiger partial charge in [0, 0.05) is 18.3 Å². The zero-order valence-electron chi connectivity index (χ0n) is 13.2. The van der Waals surface area contributed by atoms with Gasteiger partial charge in [0.2, 0.25) is 11.8 Å². The van der Waals surface area contributed by atoms with E-state index >= 15 is 0 Å². The monoisotopic (exact) mass is 311 g/mol. The normalized spacial score (nSPS) is 16.7. The number of nitrogens with two attached hydrogens (primary N) is 1. The summed E-state index contributed by atoms with van der Waals surface area (Å²) in [6.45, 7) is 4.01. The second kappa shape index (κ2) is 6.69. The Balaban J connectivity index is 1.85. The fourth-order valence-electron chi connectivity index (χ4n) is 3.06. The van der Waals surface area contributed by atoms with Gasteiger partial charge < -0.3 is 15.4 Å². The van der Waals surface area contributed by atoms with Gasteiger partial charge in [-0.1, -0.05) is 24.3 Å². The Labute approximate surface area is 136 Å². The molecular weight excluding hydrogens is 290 g/mol. The van der Waals surface area contributed by atoms with E-state index in [1.54, 1.807) is 0 Å². The van der Waals surface area contributed by atoms with Crippen molar-refractivity contribution in [2.24, 2.45) is 5.73 Å². The number of anilines is 1. The summed E-state index contributed by atoms with van der Waals surface area (Å²) in [7, 11) is 0. The summed E-state index contributed by atoms with van der Waals surface area (Å²) in [4.78, 5) is 18.4. The maximum absolute atomic E-state index is 11.7. The highest BCUT2D eigenvalue weighted by Gasteiger charge is 2.28. The van der Waals surface area contributed by atoms with Crippen molar-refractivity contribution in [1.82, 2.24) is 4.98 Å². The molecule has 1 atom stereocenters. The summed E-state index contributed by atoms with van der Waals surface area (Å²) in [5.74, 6) is 0.184. The van der Waals surface area contributed by atoms with Gasteiger partial charge in [-0.2, -0.15) is 0 Å². The Morgan fingerprint density at radius 3 is 2.91 bits per heavy atom. The van der Waals surface area contributed by atoms with Crippen LogP contribution in [0.15, 0.2) is 42.5 Å². The first-order valence-corrected chi connectivity index (χ1v) is 7.91. The summed E-state index contributed by atoms with van der Waals surface area (Å²) in [6.07, 6.45) is 0.734. The molecule has 0 fully saturated rings. The number of para-hydroxylation sites is 1. The molecule has 1 amide bonds. The standard InChI is InChI=1S/C18H21N3O2/c1-2-23-17-9-5-6-13(20-17)12-21-11-10-15(18(19)22)14-7-3-4-8-16(14)21/h3-9,15H,2,10-12H2,1H3,(H2,19,22)/t15-/m0/s1. The highest BCUT2D eigenvalue weighted by molar-refractivity contribution is 5.85. The van der Waals surface area contributed by atoms with Gasteiger partial charge >= 0.3 is 0 Å². The summed E-state index contributed by atoms with van der Waals surface area (Å²) in [5.41, 5.74) is 8.56. The van der Waals surface area contributed by atoms with E-state index in [2.05, 4.69) is 9.88 Å². The van der Waals surface area contributed by atoms with E-state index in [1.165, 1.54) is 0 Å². The number of fused-ring (bicyclic) bond motifs is 1. The molecule has 5 heteroatoms. The number of hydrogen-bond acceptors (Lipinski definition) is 4. The van der Waals surface area contributed by atoms with Crippen LogP contribution in [0.4, 0.5) is 5.69 Å². The molecule has 120 valence electrons. The maximum atomic E-state index is 11.7. The predicted octanol–water partition coefficient (Wildman–Crippen LogP) is 2.46. The van der Waals surface area contributed by atoms with E-state index in [9.17, 15) is 4.79 Å². The van der Waals surface area contributed by atoms with Gasteiger partial charge in [0.15, 0.2) is 0 Å². The summed E-state index contributed by atoms with van der Waals surface area (Å²) >= 11 is 0. The molecule has 0 bridgehead atoms. The summed E-state index contributed by atoms with van der Waals surface area (Å²) < 4.78 is 5.46. The average Bonchev–Trinajstić information content (AvgIpc) is 2.55. The largest absolute Gasteiger partial charge is 0.478 e. The molecule has 1 aromatic heterocycles. The van der Waals surface area contributed by atoms with Gasteiger partial charge in [-0.25, -0.2) is 4.98 Å². The molecular formula is C18H21N3O2. The van der Waals surface area contributed by atoms with E-state index in [4.69, 9.17) is 10.5 Å². The molecule has 2 heterocycles. The number of amides is 1. The van der Waals surface area contributed by atoms with Crippen molar-refractivity contribution in [2.75, 3.05) is 18.1 Å². The van der Waals surface area contributed by atoms with Crippen LogP contribution in [0.1, 0.15) is 30.5 Å².